The molecular formula is C21H27OP. The number of para-hydroxylation sites is 2. The van der Waals surface area contributed by atoms with Crippen LogP contribution in [0.25, 0.3) is 0 Å². The number of ether oxygens (including phenoxy) is 1. The molecule has 0 aliphatic carbocycles. The van der Waals surface area contributed by atoms with Gasteiger partial charge >= 0.3 is 0 Å². The average molecular weight is 326 g/mol. The van der Waals surface area contributed by atoms with Crippen LogP contribution in [0.5, 0.6) is 11.5 Å². The Balaban J connectivity index is 2.25. The first-order valence-corrected chi connectivity index (χ1v) is 9.76. The number of benzene rings is 2. The van der Waals surface area contributed by atoms with Gasteiger partial charge in [0.15, 0.2) is 0 Å². The van der Waals surface area contributed by atoms with Crippen LogP contribution in [0.3, 0.4) is 0 Å². The zero-order valence-corrected chi connectivity index (χ0v) is 15.9. The maximum absolute atomic E-state index is 6.19. The van der Waals surface area contributed by atoms with Gasteiger partial charge < -0.3 is 4.74 Å². The second-order valence-corrected chi connectivity index (χ2v) is 12.2. The Hall–Kier alpha value is -1.33. The highest BCUT2D eigenvalue weighted by Gasteiger charge is 2.44. The fourth-order valence-electron chi connectivity index (χ4n) is 3.94. The third kappa shape index (κ3) is 3.04. The van der Waals surface area contributed by atoms with E-state index < -0.39 is 0 Å². The van der Waals surface area contributed by atoms with E-state index in [0.29, 0.717) is 5.66 Å². The topological polar surface area (TPSA) is 9.23 Å². The Morgan fingerprint density at radius 2 is 1.09 bits per heavy atom. The smallest absolute Gasteiger partial charge is 0.131 e. The molecule has 0 spiro atoms. The fraction of sp³-hybridized carbons (Fsp3) is 0.429. The second-order valence-electron chi connectivity index (χ2n) is 8.29. The molecule has 0 saturated carbocycles. The van der Waals surface area contributed by atoms with Crippen molar-refractivity contribution in [1.82, 2.24) is 0 Å². The van der Waals surface area contributed by atoms with Gasteiger partial charge in [0, 0.05) is 16.8 Å². The average Bonchev–Trinajstić information content (AvgIpc) is 2.44. The highest BCUT2D eigenvalue weighted by Crippen LogP contribution is 2.72. The van der Waals surface area contributed by atoms with Crippen molar-refractivity contribution < 1.29 is 4.74 Å². The molecule has 1 nitrogen and oxygen atoms in total. The van der Waals surface area contributed by atoms with Crippen LogP contribution >= 0.6 is 7.92 Å². The summed E-state index contributed by atoms with van der Waals surface area (Å²) in [4.78, 5) is 0. The van der Waals surface area contributed by atoms with Gasteiger partial charge in [0.05, 0.1) is 0 Å². The van der Waals surface area contributed by atoms with Crippen molar-refractivity contribution in [3.8, 4) is 11.5 Å². The van der Waals surface area contributed by atoms with Crippen LogP contribution in [-0.4, -0.2) is 10.3 Å². The van der Waals surface area contributed by atoms with Gasteiger partial charge in [-0.15, -0.1) is 0 Å². The van der Waals surface area contributed by atoms with Gasteiger partial charge in [0.25, 0.3) is 0 Å². The molecule has 0 bridgehead atoms. The monoisotopic (exact) mass is 326 g/mol. The predicted molar refractivity (Wildman–Crippen MR) is 101 cm³/mol. The summed E-state index contributed by atoms with van der Waals surface area (Å²) in [6.45, 7) is 14.4. The zero-order valence-electron chi connectivity index (χ0n) is 15.1. The van der Waals surface area contributed by atoms with Gasteiger partial charge in [-0.3, -0.25) is 0 Å². The van der Waals surface area contributed by atoms with Crippen LogP contribution in [-0.2, 0) is 0 Å². The molecule has 0 amide bonds. The molecular weight excluding hydrogens is 299 g/mol. The van der Waals surface area contributed by atoms with Crippen molar-refractivity contribution in [3.05, 3.63) is 59.7 Å². The van der Waals surface area contributed by atoms with E-state index in [0.717, 1.165) is 11.5 Å². The van der Waals surface area contributed by atoms with E-state index in [1.54, 1.807) is 0 Å². The van der Waals surface area contributed by atoms with Crippen molar-refractivity contribution >= 4 is 7.92 Å². The Morgan fingerprint density at radius 1 is 0.696 bits per heavy atom. The van der Waals surface area contributed by atoms with Gasteiger partial charge in [0.1, 0.15) is 11.5 Å². The number of fused-ring (bicyclic) bond motifs is 2. The summed E-state index contributed by atoms with van der Waals surface area (Å²) in [6, 6.07) is 17.1. The molecule has 0 atom stereocenters. The minimum Gasteiger partial charge on any atom is -0.457 e. The first-order chi connectivity index (χ1) is 10.7. The maximum atomic E-state index is 6.19. The molecule has 1 aliphatic heterocycles. The molecule has 1 aliphatic rings. The van der Waals surface area contributed by atoms with E-state index in [-0.39, 0.29) is 18.2 Å². The lowest BCUT2D eigenvalue weighted by Gasteiger charge is -2.48. The van der Waals surface area contributed by atoms with Crippen molar-refractivity contribution in [2.75, 3.05) is 0 Å². The highest BCUT2D eigenvalue weighted by molar-refractivity contribution is 7.61. The molecule has 0 N–H and O–H groups in total. The normalized spacial score (nSPS) is 15.1. The SMILES string of the molecule is CC(C)(C)P(C1c2ccccc2Oc2ccccc21)C(C)(C)C. The number of hydrogen-bond donors (Lipinski definition) is 0. The van der Waals surface area contributed by atoms with E-state index in [1.165, 1.54) is 11.1 Å². The Bertz CT molecular complexity index is 647. The molecule has 0 fully saturated rings. The van der Waals surface area contributed by atoms with Gasteiger partial charge in [-0.2, -0.15) is 0 Å². The third-order valence-electron chi connectivity index (χ3n) is 4.35. The lowest BCUT2D eigenvalue weighted by Crippen LogP contribution is -2.29. The largest absolute Gasteiger partial charge is 0.457 e. The third-order valence-corrected chi connectivity index (χ3v) is 8.31. The molecule has 3 rings (SSSR count). The summed E-state index contributed by atoms with van der Waals surface area (Å²) >= 11 is 0. The molecule has 2 heteroatoms. The summed E-state index contributed by atoms with van der Waals surface area (Å²) in [5.74, 6) is 2.05. The van der Waals surface area contributed by atoms with Gasteiger partial charge in [-0.25, -0.2) is 0 Å². The van der Waals surface area contributed by atoms with Crippen LogP contribution in [0, 0.1) is 0 Å². The zero-order chi connectivity index (χ0) is 16.8. The Labute approximate surface area is 141 Å². The molecule has 122 valence electrons. The fourth-order valence-corrected chi connectivity index (χ4v) is 8.49. The summed E-state index contributed by atoms with van der Waals surface area (Å²) in [7, 11) is -0.314. The van der Waals surface area contributed by atoms with E-state index in [1.807, 2.05) is 0 Å². The number of hydrogen-bond acceptors (Lipinski definition) is 1. The highest BCUT2D eigenvalue weighted by atomic mass is 31.1. The van der Waals surface area contributed by atoms with Crippen LogP contribution in [0.15, 0.2) is 48.5 Å². The lowest BCUT2D eigenvalue weighted by atomic mass is 10.00. The maximum Gasteiger partial charge on any atom is 0.131 e. The Morgan fingerprint density at radius 3 is 1.48 bits per heavy atom. The molecule has 1 heterocycles. The second kappa shape index (κ2) is 5.64. The van der Waals surface area contributed by atoms with E-state index in [9.17, 15) is 0 Å². The molecule has 2 aromatic rings. The van der Waals surface area contributed by atoms with Crippen LogP contribution in [0.4, 0.5) is 0 Å². The predicted octanol–water partition coefficient (Wildman–Crippen LogP) is 6.96. The summed E-state index contributed by atoms with van der Waals surface area (Å²) in [5, 5.41) is 0.519. The summed E-state index contributed by atoms with van der Waals surface area (Å²) < 4.78 is 6.19. The molecule has 23 heavy (non-hydrogen) atoms. The molecule has 0 aromatic heterocycles. The van der Waals surface area contributed by atoms with Crippen molar-refractivity contribution in [1.29, 1.82) is 0 Å². The van der Waals surface area contributed by atoms with Crippen molar-refractivity contribution in [2.24, 2.45) is 0 Å². The standard InChI is InChI=1S/C21H27OP/c1-20(2,3)23(21(4,5)6)19-15-11-7-9-13-17(15)22-18-14-10-8-12-16(18)19/h7-14,19H,1-6H3. The first kappa shape index (κ1) is 16.5. The summed E-state index contributed by atoms with van der Waals surface area (Å²) in [5.41, 5.74) is 3.12. The van der Waals surface area contributed by atoms with Gasteiger partial charge in [-0.05, 0) is 22.4 Å². The lowest BCUT2D eigenvalue weighted by molar-refractivity contribution is 0.457. The van der Waals surface area contributed by atoms with E-state index in [4.69, 9.17) is 4.74 Å². The van der Waals surface area contributed by atoms with Crippen molar-refractivity contribution in [2.45, 2.75) is 57.5 Å². The molecule has 2 aromatic carbocycles. The van der Waals surface area contributed by atoms with Gasteiger partial charge in [0.2, 0.25) is 0 Å². The molecule has 0 radical (unpaired) electrons. The van der Waals surface area contributed by atoms with Crippen molar-refractivity contribution in [3.63, 3.8) is 0 Å². The first-order valence-electron chi connectivity index (χ1n) is 8.35. The molecule has 0 unspecified atom stereocenters. The number of rotatable bonds is 1. The minimum atomic E-state index is -0.314. The van der Waals surface area contributed by atoms with Crippen LogP contribution in [0.1, 0.15) is 58.3 Å². The quantitative estimate of drug-likeness (QED) is 0.515. The van der Waals surface area contributed by atoms with Crippen LogP contribution in [0.2, 0.25) is 0 Å². The van der Waals surface area contributed by atoms with E-state index >= 15 is 0 Å². The van der Waals surface area contributed by atoms with Gasteiger partial charge in [-0.1, -0.05) is 85.9 Å². The van der Waals surface area contributed by atoms with E-state index in [2.05, 4.69) is 90.1 Å². The summed E-state index contributed by atoms with van der Waals surface area (Å²) in [6.07, 6.45) is 0. The van der Waals surface area contributed by atoms with Crippen LogP contribution < -0.4 is 4.74 Å². The molecule has 0 saturated heterocycles. The minimum absolute atomic E-state index is 0.260. The Kier molecular flexibility index (Phi) is 4.05.